The third kappa shape index (κ3) is 3.13. The van der Waals surface area contributed by atoms with Crippen molar-refractivity contribution < 1.29 is 5.11 Å². The van der Waals surface area contributed by atoms with Gasteiger partial charge < -0.3 is 10.8 Å². The summed E-state index contributed by atoms with van der Waals surface area (Å²) in [6.07, 6.45) is 2.50. The van der Waals surface area contributed by atoms with Crippen LogP contribution in [0, 0.1) is 0 Å². The molecule has 1 aromatic rings. The van der Waals surface area contributed by atoms with Crippen molar-refractivity contribution >= 4 is 0 Å². The number of nitrogens with two attached hydrogens (primary N) is 1. The van der Waals surface area contributed by atoms with E-state index in [0.29, 0.717) is 0 Å². The van der Waals surface area contributed by atoms with Crippen molar-refractivity contribution in [3.8, 4) is 0 Å². The van der Waals surface area contributed by atoms with Crippen LogP contribution in [0.2, 0.25) is 0 Å². The zero-order chi connectivity index (χ0) is 10.4. The highest BCUT2D eigenvalue weighted by molar-refractivity contribution is 5.24. The first-order valence-electron chi connectivity index (χ1n) is 5.25. The normalized spacial score (nSPS) is 12.8. The van der Waals surface area contributed by atoms with Gasteiger partial charge in [0.05, 0.1) is 6.10 Å². The molecule has 0 spiro atoms. The Morgan fingerprint density at radius 2 is 1.93 bits per heavy atom. The topological polar surface area (TPSA) is 46.2 Å². The summed E-state index contributed by atoms with van der Waals surface area (Å²) in [4.78, 5) is 0. The van der Waals surface area contributed by atoms with Gasteiger partial charge in [-0.1, -0.05) is 31.2 Å². The Kier molecular flexibility index (Phi) is 4.63. The lowest BCUT2D eigenvalue weighted by atomic mass is 10.0. The third-order valence-corrected chi connectivity index (χ3v) is 2.42. The highest BCUT2D eigenvalue weighted by Gasteiger charge is 2.03. The molecule has 1 unspecified atom stereocenters. The number of benzene rings is 1. The van der Waals surface area contributed by atoms with Crippen LogP contribution in [0.1, 0.15) is 37.0 Å². The molecular weight excluding hydrogens is 174 g/mol. The molecule has 0 saturated heterocycles. The van der Waals surface area contributed by atoms with E-state index in [0.717, 1.165) is 31.4 Å². The highest BCUT2D eigenvalue weighted by atomic mass is 16.3. The van der Waals surface area contributed by atoms with E-state index in [1.54, 1.807) is 0 Å². The molecule has 0 saturated carbocycles. The van der Waals surface area contributed by atoms with Crippen molar-refractivity contribution in [2.24, 2.45) is 5.73 Å². The van der Waals surface area contributed by atoms with Crippen LogP contribution < -0.4 is 5.73 Å². The number of aliphatic hydroxyl groups is 1. The molecule has 1 atom stereocenters. The second kappa shape index (κ2) is 5.78. The van der Waals surface area contributed by atoms with Gasteiger partial charge in [-0.05, 0) is 36.9 Å². The number of aliphatic hydroxyl groups excluding tert-OH is 1. The summed E-state index contributed by atoms with van der Waals surface area (Å²) in [6.45, 7) is 2.71. The standard InChI is InChI=1S/C12H19NO/c1-2-12(14)11-7-5-10(6-8-11)4-3-9-13/h5-8,12,14H,2-4,9,13H2,1H3. The van der Waals surface area contributed by atoms with Crippen LogP contribution in [0.25, 0.3) is 0 Å². The van der Waals surface area contributed by atoms with E-state index in [-0.39, 0.29) is 6.10 Å². The van der Waals surface area contributed by atoms with Crippen LogP contribution >= 0.6 is 0 Å². The maximum atomic E-state index is 9.58. The lowest BCUT2D eigenvalue weighted by molar-refractivity contribution is 0.173. The first-order chi connectivity index (χ1) is 6.77. The SMILES string of the molecule is CCC(O)c1ccc(CCCN)cc1. The van der Waals surface area contributed by atoms with Crippen LogP contribution in [0.3, 0.4) is 0 Å². The molecule has 2 heteroatoms. The molecule has 0 amide bonds. The van der Waals surface area contributed by atoms with E-state index >= 15 is 0 Å². The molecule has 0 radical (unpaired) electrons. The fraction of sp³-hybridized carbons (Fsp3) is 0.500. The highest BCUT2D eigenvalue weighted by Crippen LogP contribution is 2.16. The maximum absolute atomic E-state index is 9.58. The summed E-state index contributed by atoms with van der Waals surface area (Å²) in [7, 11) is 0. The summed E-state index contributed by atoms with van der Waals surface area (Å²) in [6, 6.07) is 8.15. The van der Waals surface area contributed by atoms with Gasteiger partial charge in [0.15, 0.2) is 0 Å². The van der Waals surface area contributed by atoms with Gasteiger partial charge in [0, 0.05) is 0 Å². The number of hydrogen-bond acceptors (Lipinski definition) is 2. The zero-order valence-electron chi connectivity index (χ0n) is 8.74. The molecule has 1 rings (SSSR count). The first-order valence-corrected chi connectivity index (χ1v) is 5.25. The Balaban J connectivity index is 2.59. The van der Waals surface area contributed by atoms with Crippen LogP contribution in [0.15, 0.2) is 24.3 Å². The lowest BCUT2D eigenvalue weighted by Gasteiger charge is -2.08. The van der Waals surface area contributed by atoms with Gasteiger partial charge in [-0.3, -0.25) is 0 Å². The molecule has 0 heterocycles. The van der Waals surface area contributed by atoms with Gasteiger partial charge in [-0.15, -0.1) is 0 Å². The van der Waals surface area contributed by atoms with E-state index in [1.165, 1.54) is 5.56 Å². The molecular formula is C12H19NO. The molecule has 0 aliphatic carbocycles. The minimum atomic E-state index is -0.321. The Labute approximate surface area is 85.8 Å². The summed E-state index contributed by atoms with van der Waals surface area (Å²) in [5.74, 6) is 0. The molecule has 0 aliphatic heterocycles. The zero-order valence-corrected chi connectivity index (χ0v) is 8.74. The van der Waals surface area contributed by atoms with Gasteiger partial charge in [0.25, 0.3) is 0 Å². The summed E-state index contributed by atoms with van der Waals surface area (Å²) in [5, 5.41) is 9.58. The van der Waals surface area contributed by atoms with E-state index in [9.17, 15) is 5.11 Å². The van der Waals surface area contributed by atoms with Gasteiger partial charge in [-0.25, -0.2) is 0 Å². The first kappa shape index (κ1) is 11.2. The van der Waals surface area contributed by atoms with Crippen LogP contribution in [-0.2, 0) is 6.42 Å². The van der Waals surface area contributed by atoms with E-state index in [4.69, 9.17) is 5.73 Å². The van der Waals surface area contributed by atoms with E-state index in [2.05, 4.69) is 12.1 Å². The number of hydrogen-bond donors (Lipinski definition) is 2. The Morgan fingerprint density at radius 3 is 2.43 bits per heavy atom. The Morgan fingerprint density at radius 1 is 1.29 bits per heavy atom. The fourth-order valence-corrected chi connectivity index (χ4v) is 1.45. The Bertz CT molecular complexity index is 256. The average Bonchev–Trinajstić information content (AvgIpc) is 2.26. The predicted molar refractivity (Wildman–Crippen MR) is 59.1 cm³/mol. The van der Waals surface area contributed by atoms with Crippen molar-refractivity contribution in [1.29, 1.82) is 0 Å². The minimum absolute atomic E-state index is 0.321. The molecule has 0 bridgehead atoms. The minimum Gasteiger partial charge on any atom is -0.388 e. The summed E-state index contributed by atoms with van der Waals surface area (Å²) in [5.41, 5.74) is 7.73. The summed E-state index contributed by atoms with van der Waals surface area (Å²) < 4.78 is 0. The molecule has 78 valence electrons. The van der Waals surface area contributed by atoms with Crippen molar-refractivity contribution in [2.45, 2.75) is 32.3 Å². The maximum Gasteiger partial charge on any atom is 0.0787 e. The second-order valence-electron chi connectivity index (χ2n) is 3.56. The van der Waals surface area contributed by atoms with Crippen molar-refractivity contribution in [3.63, 3.8) is 0 Å². The lowest BCUT2D eigenvalue weighted by Crippen LogP contribution is -2.00. The van der Waals surface area contributed by atoms with Crippen LogP contribution in [0.5, 0.6) is 0 Å². The predicted octanol–water partition coefficient (Wildman–Crippen LogP) is 2.02. The van der Waals surface area contributed by atoms with Crippen LogP contribution in [0.4, 0.5) is 0 Å². The smallest absolute Gasteiger partial charge is 0.0787 e. The van der Waals surface area contributed by atoms with E-state index < -0.39 is 0 Å². The van der Waals surface area contributed by atoms with Gasteiger partial charge in [0.1, 0.15) is 0 Å². The molecule has 14 heavy (non-hydrogen) atoms. The van der Waals surface area contributed by atoms with Crippen molar-refractivity contribution in [1.82, 2.24) is 0 Å². The van der Waals surface area contributed by atoms with Crippen molar-refractivity contribution in [3.05, 3.63) is 35.4 Å². The van der Waals surface area contributed by atoms with Crippen LogP contribution in [-0.4, -0.2) is 11.7 Å². The quantitative estimate of drug-likeness (QED) is 0.751. The molecule has 1 aromatic carbocycles. The summed E-state index contributed by atoms with van der Waals surface area (Å²) >= 11 is 0. The number of aryl methyl sites for hydroxylation is 1. The van der Waals surface area contributed by atoms with E-state index in [1.807, 2.05) is 19.1 Å². The largest absolute Gasteiger partial charge is 0.388 e. The second-order valence-corrected chi connectivity index (χ2v) is 3.56. The molecule has 0 fully saturated rings. The Hall–Kier alpha value is -0.860. The molecule has 0 aliphatic rings. The average molecular weight is 193 g/mol. The molecule has 0 aromatic heterocycles. The van der Waals surface area contributed by atoms with Gasteiger partial charge in [-0.2, -0.15) is 0 Å². The molecule has 2 nitrogen and oxygen atoms in total. The van der Waals surface area contributed by atoms with Gasteiger partial charge >= 0.3 is 0 Å². The van der Waals surface area contributed by atoms with Gasteiger partial charge in [0.2, 0.25) is 0 Å². The molecule has 3 N–H and O–H groups in total. The monoisotopic (exact) mass is 193 g/mol. The van der Waals surface area contributed by atoms with Crippen molar-refractivity contribution in [2.75, 3.05) is 6.54 Å². The number of rotatable bonds is 5. The fourth-order valence-electron chi connectivity index (χ4n) is 1.45. The third-order valence-electron chi connectivity index (χ3n) is 2.42.